The summed E-state index contributed by atoms with van der Waals surface area (Å²) >= 11 is 10.1. The number of aliphatic carboxylic acids is 2. The fourth-order valence-electron chi connectivity index (χ4n) is 2.09. The van der Waals surface area contributed by atoms with Gasteiger partial charge in [0.15, 0.2) is 9.84 Å². The fourth-order valence-corrected chi connectivity index (χ4v) is 3.26. The molecule has 0 aromatic heterocycles. The van der Waals surface area contributed by atoms with Crippen molar-refractivity contribution in [1.29, 1.82) is 0 Å². The number of carbonyl (C=O) groups excluding carboxylic acids is 2. The second-order valence-electron chi connectivity index (χ2n) is 6.71. The molecule has 34 heavy (non-hydrogen) atoms. The summed E-state index contributed by atoms with van der Waals surface area (Å²) in [6.07, 6.45) is 0.214. The SMILES string of the molecule is O=C(O)CCCNC(=O)CCCNC(=O)OCc1ccccc1.O=C(O)CCS(=O)(=O)C(Cl)Cl. The van der Waals surface area contributed by atoms with E-state index >= 15 is 0 Å². The monoisotopic (exact) mass is 542 g/mol. The van der Waals surface area contributed by atoms with Crippen LogP contribution in [0.2, 0.25) is 0 Å². The van der Waals surface area contributed by atoms with Crippen molar-refractivity contribution in [3.8, 4) is 0 Å². The van der Waals surface area contributed by atoms with E-state index in [1.807, 2.05) is 30.3 Å². The predicted molar refractivity (Wildman–Crippen MR) is 125 cm³/mol. The highest BCUT2D eigenvalue weighted by molar-refractivity contribution is 7.94. The number of rotatable bonds is 14. The molecule has 11 nitrogen and oxygen atoms in total. The number of nitrogens with one attached hydrogen (secondary N) is 2. The van der Waals surface area contributed by atoms with Crippen LogP contribution in [0.15, 0.2) is 30.3 Å². The minimum Gasteiger partial charge on any atom is -0.481 e. The number of ether oxygens (including phenoxy) is 1. The molecular formula is C20H28Cl2N2O9S. The van der Waals surface area contributed by atoms with Crippen LogP contribution < -0.4 is 10.6 Å². The Hall–Kier alpha value is -2.57. The zero-order chi connectivity index (χ0) is 26.0. The van der Waals surface area contributed by atoms with E-state index in [1.165, 1.54) is 0 Å². The molecule has 1 aromatic rings. The highest BCUT2D eigenvalue weighted by atomic mass is 35.5. The molecule has 0 saturated carbocycles. The number of hydrogen-bond donors (Lipinski definition) is 4. The van der Waals surface area contributed by atoms with Gasteiger partial charge in [0.05, 0.1) is 12.2 Å². The molecule has 4 N–H and O–H groups in total. The molecule has 0 fully saturated rings. The van der Waals surface area contributed by atoms with E-state index in [2.05, 4.69) is 10.6 Å². The summed E-state index contributed by atoms with van der Waals surface area (Å²) in [5, 5.41) is 21.8. The van der Waals surface area contributed by atoms with Crippen molar-refractivity contribution in [1.82, 2.24) is 10.6 Å². The van der Waals surface area contributed by atoms with Gasteiger partial charge in [-0.15, -0.1) is 0 Å². The highest BCUT2D eigenvalue weighted by Crippen LogP contribution is 2.12. The summed E-state index contributed by atoms with van der Waals surface area (Å²) in [5.41, 5.74) is 0.906. The molecule has 14 heteroatoms. The molecule has 0 unspecified atom stereocenters. The summed E-state index contributed by atoms with van der Waals surface area (Å²) in [6.45, 7) is 0.893. The Morgan fingerprint density at radius 2 is 1.44 bits per heavy atom. The highest BCUT2D eigenvalue weighted by Gasteiger charge is 2.20. The summed E-state index contributed by atoms with van der Waals surface area (Å²) < 4.78 is 24.9. The molecule has 2 amide bonds. The normalized spacial score (nSPS) is 10.6. The van der Waals surface area contributed by atoms with Crippen molar-refractivity contribution < 1.29 is 42.5 Å². The van der Waals surface area contributed by atoms with Crippen LogP contribution in [0.4, 0.5) is 4.79 Å². The largest absolute Gasteiger partial charge is 0.481 e. The molecule has 1 rings (SSSR count). The van der Waals surface area contributed by atoms with Gasteiger partial charge >= 0.3 is 18.0 Å². The molecule has 0 atom stereocenters. The molecule has 0 spiro atoms. The Kier molecular flexibility index (Phi) is 16.5. The van der Waals surface area contributed by atoms with E-state index in [-0.39, 0.29) is 25.4 Å². The average molecular weight is 543 g/mol. The first-order chi connectivity index (χ1) is 15.9. The lowest BCUT2D eigenvalue weighted by molar-refractivity contribution is -0.137. The average Bonchev–Trinajstić information content (AvgIpc) is 2.78. The van der Waals surface area contributed by atoms with Crippen LogP contribution in [-0.4, -0.2) is 65.6 Å². The second-order valence-corrected chi connectivity index (χ2v) is 10.5. The zero-order valence-corrected chi connectivity index (χ0v) is 20.6. The predicted octanol–water partition coefficient (Wildman–Crippen LogP) is 2.31. The van der Waals surface area contributed by atoms with Crippen LogP contribution >= 0.6 is 23.2 Å². The zero-order valence-electron chi connectivity index (χ0n) is 18.2. The van der Waals surface area contributed by atoms with Gasteiger partial charge in [0.1, 0.15) is 6.61 Å². The molecule has 0 bridgehead atoms. The third kappa shape index (κ3) is 17.9. The van der Waals surface area contributed by atoms with Gasteiger partial charge in [-0.1, -0.05) is 53.5 Å². The fraction of sp³-hybridized carbons (Fsp3) is 0.500. The molecule has 0 aliphatic rings. The molecule has 0 saturated heterocycles. The molecule has 0 radical (unpaired) electrons. The van der Waals surface area contributed by atoms with E-state index in [0.29, 0.717) is 25.9 Å². The van der Waals surface area contributed by atoms with Crippen molar-refractivity contribution in [2.24, 2.45) is 0 Å². The van der Waals surface area contributed by atoms with Crippen molar-refractivity contribution in [3.63, 3.8) is 0 Å². The van der Waals surface area contributed by atoms with Crippen LogP contribution in [0, 0.1) is 0 Å². The van der Waals surface area contributed by atoms with Crippen LogP contribution in [0.1, 0.15) is 37.7 Å². The Morgan fingerprint density at radius 1 is 0.882 bits per heavy atom. The van der Waals surface area contributed by atoms with Gasteiger partial charge in [-0.3, -0.25) is 14.4 Å². The Labute approximate surface area is 207 Å². The lowest BCUT2D eigenvalue weighted by Crippen LogP contribution is -2.28. The van der Waals surface area contributed by atoms with Gasteiger partial charge in [0, 0.05) is 25.9 Å². The van der Waals surface area contributed by atoms with Crippen LogP contribution in [-0.2, 0) is 35.6 Å². The second kappa shape index (κ2) is 17.8. The Bertz CT molecular complexity index is 881. The maximum atomic E-state index is 11.4. The smallest absolute Gasteiger partial charge is 0.407 e. The van der Waals surface area contributed by atoms with E-state index in [9.17, 15) is 27.6 Å². The van der Waals surface area contributed by atoms with Crippen molar-refractivity contribution in [2.75, 3.05) is 18.8 Å². The van der Waals surface area contributed by atoms with Crippen LogP contribution in [0.3, 0.4) is 0 Å². The number of carboxylic acid groups (broad SMARTS) is 2. The molecule has 192 valence electrons. The van der Waals surface area contributed by atoms with Crippen molar-refractivity contribution in [2.45, 2.75) is 42.9 Å². The number of sulfone groups is 1. The first-order valence-corrected chi connectivity index (χ1v) is 12.7. The molecule has 1 aromatic carbocycles. The van der Waals surface area contributed by atoms with Gasteiger partial charge in [-0.05, 0) is 18.4 Å². The Morgan fingerprint density at radius 3 is 2.00 bits per heavy atom. The molecular weight excluding hydrogens is 515 g/mol. The quantitative estimate of drug-likeness (QED) is 0.203. The number of amides is 2. The van der Waals surface area contributed by atoms with Gasteiger partial charge < -0.3 is 25.6 Å². The van der Waals surface area contributed by atoms with Gasteiger partial charge in [0.25, 0.3) is 0 Å². The number of alkyl halides is 2. The maximum absolute atomic E-state index is 11.4. The summed E-state index contributed by atoms with van der Waals surface area (Å²) in [7, 11) is -3.64. The minimum absolute atomic E-state index is 0.0368. The first kappa shape index (κ1) is 31.4. The first-order valence-electron chi connectivity index (χ1n) is 10.1. The summed E-state index contributed by atoms with van der Waals surface area (Å²) in [4.78, 5) is 43.1. The number of hydrogen-bond acceptors (Lipinski definition) is 7. The lowest BCUT2D eigenvalue weighted by Gasteiger charge is -2.07. The van der Waals surface area contributed by atoms with Crippen molar-refractivity contribution in [3.05, 3.63) is 35.9 Å². The minimum atomic E-state index is -3.64. The number of carboxylic acids is 2. The van der Waals surface area contributed by atoms with E-state index in [4.69, 9.17) is 38.2 Å². The van der Waals surface area contributed by atoms with E-state index in [1.54, 1.807) is 0 Å². The van der Waals surface area contributed by atoms with Gasteiger partial charge in [-0.25, -0.2) is 13.2 Å². The van der Waals surface area contributed by atoms with Crippen molar-refractivity contribution >= 4 is 57.0 Å². The maximum Gasteiger partial charge on any atom is 0.407 e. The number of alkyl carbamates (subject to hydrolysis) is 1. The molecule has 0 aliphatic carbocycles. The van der Waals surface area contributed by atoms with Gasteiger partial charge in [0.2, 0.25) is 10.1 Å². The molecule has 0 heterocycles. The molecule has 0 aliphatic heterocycles. The third-order valence-electron chi connectivity index (χ3n) is 3.82. The number of benzene rings is 1. The Balaban J connectivity index is 0.000000833. The standard InChI is InChI=1S/C16H22N2O5.C4H6Cl2O4S/c19-14(17-10-5-9-15(20)21)8-4-11-18-16(22)23-12-13-6-2-1-3-7-13;5-4(6)11(9,10)2-1-3(7)8/h1-3,6-7H,4-5,8-12H2,(H,17,19)(H,18,22)(H,20,21);4H,1-2H2,(H,7,8). The lowest BCUT2D eigenvalue weighted by atomic mass is 10.2. The van der Waals surface area contributed by atoms with E-state index in [0.717, 1.165) is 5.56 Å². The topological polar surface area (TPSA) is 176 Å². The number of carbonyl (C=O) groups is 4. The van der Waals surface area contributed by atoms with Crippen LogP contribution in [0.25, 0.3) is 0 Å². The summed E-state index contributed by atoms with van der Waals surface area (Å²) in [6, 6.07) is 9.34. The van der Waals surface area contributed by atoms with E-state index < -0.39 is 44.2 Å². The number of halogens is 2. The van der Waals surface area contributed by atoms with Crippen LogP contribution in [0.5, 0.6) is 0 Å². The third-order valence-corrected chi connectivity index (χ3v) is 6.77. The summed E-state index contributed by atoms with van der Waals surface area (Å²) in [5.74, 6) is -2.75. The van der Waals surface area contributed by atoms with Gasteiger partial charge in [-0.2, -0.15) is 0 Å².